The highest BCUT2D eigenvalue weighted by atomic mass is 16.5. The molecule has 1 fully saturated rings. The van der Waals surface area contributed by atoms with E-state index in [1.807, 2.05) is 6.92 Å². The van der Waals surface area contributed by atoms with Crippen LogP contribution in [0, 0.1) is 0 Å². The van der Waals surface area contributed by atoms with Crippen LogP contribution in [0.1, 0.15) is 26.7 Å². The first-order valence-electron chi connectivity index (χ1n) is 5.16. The molecular formula is C10H21NO2. The molecule has 0 aromatic heterocycles. The molecule has 0 spiro atoms. The Morgan fingerprint density at radius 2 is 2.23 bits per heavy atom. The molecule has 0 aromatic carbocycles. The molecule has 13 heavy (non-hydrogen) atoms. The molecular weight excluding hydrogens is 166 g/mol. The van der Waals surface area contributed by atoms with Gasteiger partial charge in [0.25, 0.3) is 0 Å². The maximum absolute atomic E-state index is 9.69. The van der Waals surface area contributed by atoms with Crippen molar-refractivity contribution in [2.24, 2.45) is 0 Å². The van der Waals surface area contributed by atoms with Crippen LogP contribution in [0.5, 0.6) is 0 Å². The molecule has 1 unspecified atom stereocenters. The van der Waals surface area contributed by atoms with Crippen LogP contribution >= 0.6 is 0 Å². The van der Waals surface area contributed by atoms with Gasteiger partial charge in [-0.05, 0) is 19.8 Å². The summed E-state index contributed by atoms with van der Waals surface area (Å²) < 4.78 is 5.39. The first-order chi connectivity index (χ1) is 6.14. The van der Waals surface area contributed by atoms with E-state index in [0.29, 0.717) is 0 Å². The van der Waals surface area contributed by atoms with Gasteiger partial charge in [0, 0.05) is 26.2 Å². The number of hydrogen-bond donors (Lipinski definition) is 1. The molecule has 0 aromatic rings. The van der Waals surface area contributed by atoms with Crippen LogP contribution in [0.25, 0.3) is 0 Å². The van der Waals surface area contributed by atoms with Gasteiger partial charge in [0.1, 0.15) is 0 Å². The zero-order chi connectivity index (χ0) is 9.73. The molecule has 3 heteroatoms. The fourth-order valence-corrected chi connectivity index (χ4v) is 1.67. The molecule has 0 aliphatic carbocycles. The zero-order valence-electron chi connectivity index (χ0n) is 8.75. The Morgan fingerprint density at radius 1 is 1.46 bits per heavy atom. The molecule has 0 amide bonds. The number of likely N-dealkylation sites (tertiary alicyclic amines) is 1. The Bertz CT molecular complexity index is 148. The third kappa shape index (κ3) is 4.07. The van der Waals surface area contributed by atoms with Gasteiger partial charge in [0.15, 0.2) is 0 Å². The van der Waals surface area contributed by atoms with Crippen molar-refractivity contribution in [1.29, 1.82) is 0 Å². The van der Waals surface area contributed by atoms with E-state index in [2.05, 4.69) is 11.8 Å². The SMILES string of the molecule is CCCOCCN1CCC(C)(O)C1. The maximum Gasteiger partial charge on any atom is 0.0758 e. The molecule has 1 heterocycles. The molecule has 1 saturated heterocycles. The molecule has 0 radical (unpaired) electrons. The van der Waals surface area contributed by atoms with Crippen molar-refractivity contribution in [1.82, 2.24) is 4.90 Å². The van der Waals surface area contributed by atoms with Crippen LogP contribution in [0.2, 0.25) is 0 Å². The highest BCUT2D eigenvalue weighted by molar-refractivity contribution is 4.85. The fourth-order valence-electron chi connectivity index (χ4n) is 1.67. The standard InChI is InChI=1S/C10H21NO2/c1-3-7-13-8-6-11-5-4-10(2,12)9-11/h12H,3-9H2,1-2H3. The first kappa shape index (κ1) is 11.0. The van der Waals surface area contributed by atoms with Crippen molar-refractivity contribution in [3.05, 3.63) is 0 Å². The molecule has 1 aliphatic heterocycles. The lowest BCUT2D eigenvalue weighted by atomic mass is 10.1. The Labute approximate surface area is 80.7 Å². The van der Waals surface area contributed by atoms with Gasteiger partial charge in [-0.15, -0.1) is 0 Å². The normalized spacial score (nSPS) is 29.8. The van der Waals surface area contributed by atoms with E-state index >= 15 is 0 Å². The van der Waals surface area contributed by atoms with Crippen LogP contribution in [0.4, 0.5) is 0 Å². The Balaban J connectivity index is 2.04. The largest absolute Gasteiger partial charge is 0.389 e. The number of rotatable bonds is 5. The molecule has 1 N–H and O–H groups in total. The number of ether oxygens (including phenoxy) is 1. The second kappa shape index (κ2) is 4.94. The van der Waals surface area contributed by atoms with Crippen molar-refractivity contribution in [3.8, 4) is 0 Å². The quantitative estimate of drug-likeness (QED) is 0.648. The Morgan fingerprint density at radius 3 is 2.77 bits per heavy atom. The molecule has 1 atom stereocenters. The number of β-amino-alcohol motifs (C(OH)–C–C–N with tert-alkyl or cyclic N) is 1. The van der Waals surface area contributed by atoms with Gasteiger partial charge in [-0.25, -0.2) is 0 Å². The third-order valence-electron chi connectivity index (χ3n) is 2.43. The van der Waals surface area contributed by atoms with E-state index < -0.39 is 5.60 Å². The Hall–Kier alpha value is -0.120. The van der Waals surface area contributed by atoms with Crippen LogP contribution in [0.3, 0.4) is 0 Å². The second-order valence-electron chi connectivity index (χ2n) is 4.14. The average Bonchev–Trinajstić information content (AvgIpc) is 2.40. The molecule has 1 aliphatic rings. The minimum atomic E-state index is -0.468. The number of aliphatic hydroxyl groups is 1. The van der Waals surface area contributed by atoms with E-state index in [0.717, 1.165) is 45.7 Å². The van der Waals surface area contributed by atoms with Crippen molar-refractivity contribution in [2.45, 2.75) is 32.3 Å². The number of hydrogen-bond acceptors (Lipinski definition) is 3. The van der Waals surface area contributed by atoms with Gasteiger partial charge >= 0.3 is 0 Å². The third-order valence-corrected chi connectivity index (χ3v) is 2.43. The summed E-state index contributed by atoms with van der Waals surface area (Å²) in [4.78, 5) is 2.26. The van der Waals surface area contributed by atoms with Crippen LogP contribution in [-0.4, -0.2) is 48.5 Å². The smallest absolute Gasteiger partial charge is 0.0758 e. The van der Waals surface area contributed by atoms with Crippen LogP contribution in [0.15, 0.2) is 0 Å². The molecule has 0 bridgehead atoms. The maximum atomic E-state index is 9.69. The summed E-state index contributed by atoms with van der Waals surface area (Å²) in [5.74, 6) is 0. The van der Waals surface area contributed by atoms with E-state index in [9.17, 15) is 5.11 Å². The van der Waals surface area contributed by atoms with Gasteiger partial charge < -0.3 is 9.84 Å². The van der Waals surface area contributed by atoms with Gasteiger partial charge in [-0.3, -0.25) is 4.90 Å². The predicted octanol–water partition coefficient (Wildman–Crippen LogP) is 0.870. The minimum absolute atomic E-state index is 0.468. The topological polar surface area (TPSA) is 32.7 Å². The van der Waals surface area contributed by atoms with Crippen LogP contribution in [-0.2, 0) is 4.74 Å². The zero-order valence-corrected chi connectivity index (χ0v) is 8.75. The predicted molar refractivity (Wildman–Crippen MR) is 52.8 cm³/mol. The summed E-state index contributed by atoms with van der Waals surface area (Å²) in [7, 11) is 0. The van der Waals surface area contributed by atoms with Crippen molar-refractivity contribution in [2.75, 3.05) is 32.8 Å². The van der Waals surface area contributed by atoms with Gasteiger partial charge in [-0.2, -0.15) is 0 Å². The van der Waals surface area contributed by atoms with Crippen molar-refractivity contribution >= 4 is 0 Å². The molecule has 1 rings (SSSR count). The average molecular weight is 187 g/mol. The van der Waals surface area contributed by atoms with E-state index in [1.165, 1.54) is 0 Å². The van der Waals surface area contributed by atoms with E-state index in [4.69, 9.17) is 4.74 Å². The van der Waals surface area contributed by atoms with Crippen LogP contribution < -0.4 is 0 Å². The summed E-state index contributed by atoms with van der Waals surface area (Å²) in [5.41, 5.74) is -0.468. The summed E-state index contributed by atoms with van der Waals surface area (Å²) in [6.07, 6.45) is 1.97. The highest BCUT2D eigenvalue weighted by Crippen LogP contribution is 2.19. The second-order valence-corrected chi connectivity index (χ2v) is 4.14. The number of nitrogens with zero attached hydrogens (tertiary/aromatic N) is 1. The molecule has 78 valence electrons. The monoisotopic (exact) mass is 187 g/mol. The summed E-state index contributed by atoms with van der Waals surface area (Å²) >= 11 is 0. The molecule has 0 saturated carbocycles. The van der Waals surface area contributed by atoms with E-state index in [-0.39, 0.29) is 0 Å². The lowest BCUT2D eigenvalue weighted by molar-refractivity contribution is 0.0601. The van der Waals surface area contributed by atoms with Gasteiger partial charge in [0.2, 0.25) is 0 Å². The van der Waals surface area contributed by atoms with Crippen molar-refractivity contribution < 1.29 is 9.84 Å². The first-order valence-corrected chi connectivity index (χ1v) is 5.16. The minimum Gasteiger partial charge on any atom is -0.389 e. The molecule has 3 nitrogen and oxygen atoms in total. The Kier molecular flexibility index (Phi) is 4.16. The van der Waals surface area contributed by atoms with Gasteiger partial charge in [0.05, 0.1) is 12.2 Å². The summed E-state index contributed by atoms with van der Waals surface area (Å²) in [6.45, 7) is 8.41. The lowest BCUT2D eigenvalue weighted by Gasteiger charge is -2.18. The highest BCUT2D eigenvalue weighted by Gasteiger charge is 2.30. The van der Waals surface area contributed by atoms with Crippen molar-refractivity contribution in [3.63, 3.8) is 0 Å². The van der Waals surface area contributed by atoms with Gasteiger partial charge in [-0.1, -0.05) is 6.92 Å². The fraction of sp³-hybridized carbons (Fsp3) is 1.00. The summed E-state index contributed by atoms with van der Waals surface area (Å²) in [5, 5.41) is 9.69. The van der Waals surface area contributed by atoms with E-state index in [1.54, 1.807) is 0 Å². The lowest BCUT2D eigenvalue weighted by Crippen LogP contribution is -2.31. The summed E-state index contributed by atoms with van der Waals surface area (Å²) in [6, 6.07) is 0.